The Morgan fingerprint density at radius 1 is 1.29 bits per heavy atom. The van der Waals surface area contributed by atoms with Crippen molar-refractivity contribution in [2.75, 3.05) is 13.1 Å². The summed E-state index contributed by atoms with van der Waals surface area (Å²) in [5, 5.41) is 8.91. The third kappa shape index (κ3) is 5.60. The largest absolute Gasteiger partial charge is 0.478 e. The fraction of sp³-hybridized carbons (Fsp3) is 0.312. The maximum Gasteiger partial charge on any atom is 0.335 e. The van der Waals surface area contributed by atoms with Crippen LogP contribution >= 0.6 is 0 Å². The first-order valence-corrected chi connectivity index (χ1v) is 6.76. The fourth-order valence-corrected chi connectivity index (χ4v) is 1.92. The van der Waals surface area contributed by atoms with Crippen molar-refractivity contribution in [2.45, 2.75) is 19.3 Å². The molecule has 0 aliphatic heterocycles. The van der Waals surface area contributed by atoms with Gasteiger partial charge in [0, 0.05) is 31.4 Å². The number of carbonyl (C=O) groups excluding carboxylic acids is 1. The lowest BCUT2D eigenvalue weighted by molar-refractivity contribution is -0.130. The SMILES string of the molecule is C=CCN(CC=C)C(=O)CCCc1cc(C(=O)O)ccn1. The summed E-state index contributed by atoms with van der Waals surface area (Å²) < 4.78 is 0. The van der Waals surface area contributed by atoms with Crippen LogP contribution in [-0.2, 0) is 11.2 Å². The molecule has 1 heterocycles. The molecule has 0 saturated carbocycles. The molecule has 0 atom stereocenters. The van der Waals surface area contributed by atoms with Crippen molar-refractivity contribution in [3.05, 3.63) is 54.9 Å². The van der Waals surface area contributed by atoms with E-state index in [0.717, 1.165) is 0 Å². The average Bonchev–Trinajstić information content (AvgIpc) is 2.47. The Balaban J connectivity index is 2.50. The number of amides is 1. The molecule has 112 valence electrons. The Bertz CT molecular complexity index is 516. The molecule has 0 fully saturated rings. The molecule has 0 aromatic carbocycles. The summed E-state index contributed by atoms with van der Waals surface area (Å²) in [4.78, 5) is 28.6. The summed E-state index contributed by atoms with van der Waals surface area (Å²) in [6.45, 7) is 8.25. The van der Waals surface area contributed by atoms with Gasteiger partial charge in [0.2, 0.25) is 5.91 Å². The van der Waals surface area contributed by atoms with E-state index in [9.17, 15) is 9.59 Å². The van der Waals surface area contributed by atoms with Crippen LogP contribution in [0.1, 0.15) is 28.9 Å². The van der Waals surface area contributed by atoms with E-state index in [-0.39, 0.29) is 11.5 Å². The molecule has 1 aromatic rings. The molecular formula is C16H20N2O3. The van der Waals surface area contributed by atoms with Crippen LogP contribution in [0.3, 0.4) is 0 Å². The highest BCUT2D eigenvalue weighted by Crippen LogP contribution is 2.07. The minimum Gasteiger partial charge on any atom is -0.478 e. The second-order valence-electron chi connectivity index (χ2n) is 4.57. The summed E-state index contributed by atoms with van der Waals surface area (Å²) in [7, 11) is 0. The van der Waals surface area contributed by atoms with Crippen LogP contribution in [0.2, 0.25) is 0 Å². The molecule has 5 heteroatoms. The van der Waals surface area contributed by atoms with Gasteiger partial charge >= 0.3 is 5.97 Å². The molecule has 0 aliphatic carbocycles. The maximum absolute atomic E-state index is 12.0. The van der Waals surface area contributed by atoms with Crippen LogP contribution in [0.15, 0.2) is 43.6 Å². The van der Waals surface area contributed by atoms with Crippen molar-refractivity contribution in [1.82, 2.24) is 9.88 Å². The number of aryl methyl sites for hydroxylation is 1. The van der Waals surface area contributed by atoms with Crippen LogP contribution in [0.25, 0.3) is 0 Å². The number of pyridine rings is 1. The third-order valence-corrected chi connectivity index (χ3v) is 2.94. The lowest BCUT2D eigenvalue weighted by atomic mass is 10.1. The van der Waals surface area contributed by atoms with Gasteiger partial charge in [0.25, 0.3) is 0 Å². The van der Waals surface area contributed by atoms with Crippen LogP contribution in [0.5, 0.6) is 0 Å². The van der Waals surface area contributed by atoms with E-state index in [1.807, 2.05) is 0 Å². The summed E-state index contributed by atoms with van der Waals surface area (Å²) in [6, 6.07) is 2.99. The molecule has 1 N–H and O–H groups in total. The Morgan fingerprint density at radius 3 is 2.52 bits per heavy atom. The summed E-state index contributed by atoms with van der Waals surface area (Å²) >= 11 is 0. The lowest BCUT2D eigenvalue weighted by Crippen LogP contribution is -2.31. The van der Waals surface area contributed by atoms with Crippen LogP contribution in [-0.4, -0.2) is 40.0 Å². The van der Waals surface area contributed by atoms with Gasteiger partial charge in [-0.15, -0.1) is 13.2 Å². The van der Waals surface area contributed by atoms with Gasteiger partial charge in [-0.25, -0.2) is 4.79 Å². The van der Waals surface area contributed by atoms with Crippen LogP contribution in [0, 0.1) is 0 Å². The number of aromatic carboxylic acids is 1. The Hall–Kier alpha value is -2.43. The van der Waals surface area contributed by atoms with Gasteiger partial charge < -0.3 is 10.0 Å². The molecule has 0 radical (unpaired) electrons. The molecule has 0 bridgehead atoms. The lowest BCUT2D eigenvalue weighted by Gasteiger charge is -2.19. The number of hydrogen-bond donors (Lipinski definition) is 1. The highest BCUT2D eigenvalue weighted by molar-refractivity contribution is 5.87. The van der Waals surface area contributed by atoms with Gasteiger partial charge in [-0.05, 0) is 25.0 Å². The molecule has 0 aliphatic rings. The zero-order valence-corrected chi connectivity index (χ0v) is 12.0. The second kappa shape index (κ2) is 8.68. The van der Waals surface area contributed by atoms with Gasteiger partial charge in [0.05, 0.1) is 5.56 Å². The van der Waals surface area contributed by atoms with Crippen LogP contribution in [0.4, 0.5) is 0 Å². The van der Waals surface area contributed by atoms with Gasteiger partial charge in [0.1, 0.15) is 0 Å². The summed E-state index contributed by atoms with van der Waals surface area (Å²) in [5.74, 6) is -0.943. The van der Waals surface area contributed by atoms with Crippen molar-refractivity contribution in [1.29, 1.82) is 0 Å². The molecule has 0 saturated heterocycles. The minimum absolute atomic E-state index is 0.0317. The van der Waals surface area contributed by atoms with E-state index in [1.54, 1.807) is 17.1 Å². The van der Waals surface area contributed by atoms with Crippen molar-refractivity contribution in [3.63, 3.8) is 0 Å². The molecule has 1 rings (SSSR count). The molecule has 0 unspecified atom stereocenters. The molecule has 0 spiro atoms. The van der Waals surface area contributed by atoms with E-state index in [4.69, 9.17) is 5.11 Å². The average molecular weight is 288 g/mol. The molecule has 1 aromatic heterocycles. The number of aromatic nitrogens is 1. The molecule has 5 nitrogen and oxygen atoms in total. The number of rotatable bonds is 9. The highest BCUT2D eigenvalue weighted by atomic mass is 16.4. The standard InChI is InChI=1S/C16H20N2O3/c1-3-10-18(11-4-2)15(19)7-5-6-14-12-13(16(20)21)8-9-17-14/h3-4,8-9,12H,1-2,5-7,10-11H2,(H,20,21). The minimum atomic E-state index is -0.974. The van der Waals surface area contributed by atoms with Crippen molar-refractivity contribution < 1.29 is 14.7 Å². The van der Waals surface area contributed by atoms with E-state index in [1.165, 1.54) is 18.3 Å². The van der Waals surface area contributed by atoms with E-state index in [0.29, 0.717) is 38.0 Å². The molecular weight excluding hydrogens is 268 g/mol. The zero-order chi connectivity index (χ0) is 15.7. The van der Waals surface area contributed by atoms with Gasteiger partial charge in [0.15, 0.2) is 0 Å². The predicted octanol–water partition coefficient (Wildman–Crippen LogP) is 2.30. The quantitative estimate of drug-likeness (QED) is 0.708. The maximum atomic E-state index is 12.0. The zero-order valence-electron chi connectivity index (χ0n) is 12.0. The highest BCUT2D eigenvalue weighted by Gasteiger charge is 2.11. The summed E-state index contributed by atoms with van der Waals surface area (Å²) in [6.07, 6.45) is 6.42. The number of carboxylic acids is 1. The van der Waals surface area contributed by atoms with E-state index in [2.05, 4.69) is 18.1 Å². The fourth-order valence-electron chi connectivity index (χ4n) is 1.92. The number of carboxylic acid groups (broad SMARTS) is 1. The molecule has 1 amide bonds. The molecule has 21 heavy (non-hydrogen) atoms. The topological polar surface area (TPSA) is 70.5 Å². The Morgan fingerprint density at radius 2 is 1.95 bits per heavy atom. The van der Waals surface area contributed by atoms with Gasteiger partial charge in [-0.2, -0.15) is 0 Å². The Kier molecular flexibility index (Phi) is 6.87. The first kappa shape index (κ1) is 16.6. The van der Waals surface area contributed by atoms with Crippen molar-refractivity contribution in [2.24, 2.45) is 0 Å². The Labute approximate surface area is 124 Å². The van der Waals surface area contributed by atoms with Gasteiger partial charge in [-0.1, -0.05) is 12.2 Å². The number of nitrogens with zero attached hydrogens (tertiary/aromatic N) is 2. The van der Waals surface area contributed by atoms with Gasteiger partial charge in [-0.3, -0.25) is 9.78 Å². The van der Waals surface area contributed by atoms with E-state index >= 15 is 0 Å². The number of hydrogen-bond acceptors (Lipinski definition) is 3. The third-order valence-electron chi connectivity index (χ3n) is 2.94. The summed E-state index contributed by atoms with van der Waals surface area (Å²) in [5.41, 5.74) is 0.896. The van der Waals surface area contributed by atoms with E-state index < -0.39 is 5.97 Å². The van der Waals surface area contributed by atoms with Crippen molar-refractivity contribution >= 4 is 11.9 Å². The first-order valence-electron chi connectivity index (χ1n) is 6.76. The van der Waals surface area contributed by atoms with Crippen molar-refractivity contribution in [3.8, 4) is 0 Å². The van der Waals surface area contributed by atoms with Crippen LogP contribution < -0.4 is 0 Å². The second-order valence-corrected chi connectivity index (χ2v) is 4.57. The monoisotopic (exact) mass is 288 g/mol. The number of carbonyl (C=O) groups is 2. The first-order chi connectivity index (χ1) is 10.1. The predicted molar refractivity (Wildman–Crippen MR) is 81.1 cm³/mol. The smallest absolute Gasteiger partial charge is 0.335 e. The normalized spacial score (nSPS) is 9.90.